The molecule has 1 N–H and O–H groups in total. The van der Waals surface area contributed by atoms with Gasteiger partial charge in [-0.15, -0.1) is 5.10 Å². The predicted molar refractivity (Wildman–Crippen MR) is 180 cm³/mol. The molecule has 7 rings (SSSR count). The molecule has 1 saturated heterocycles. The standard InChI is InChI=1S/C34H39ClN10O3/c1-24(19-44-23-36-22-39-44)48-32-18-25(5-10-29(32)35)30-11-13-38-34(40-30)41-31-20-45(42-33(31)47-21-26-4-2-3-12-37-26)28-8-6-27(7-9-28)43-14-16-46-17-15-43/h2-5,10-13,18,20,22-24,27-28H,6-9,14-17,19,21H2,1H3,(H,38,40,41)/t24-,27?,28?/m0/s1. The second kappa shape index (κ2) is 15.1. The first-order valence-electron chi connectivity index (χ1n) is 16.4. The number of rotatable bonds is 12. The van der Waals surface area contributed by atoms with Crippen molar-refractivity contribution in [3.8, 4) is 22.9 Å². The van der Waals surface area contributed by atoms with Crippen molar-refractivity contribution in [2.75, 3.05) is 31.6 Å². The van der Waals surface area contributed by atoms with E-state index in [1.165, 1.54) is 6.33 Å². The molecule has 1 saturated carbocycles. The normalized spacial score (nSPS) is 19.1. The summed E-state index contributed by atoms with van der Waals surface area (Å²) in [6.45, 7) is 6.47. The smallest absolute Gasteiger partial charge is 0.257 e. The highest BCUT2D eigenvalue weighted by atomic mass is 35.5. The van der Waals surface area contributed by atoms with Gasteiger partial charge in [0.1, 0.15) is 36.8 Å². The molecule has 1 atom stereocenters. The lowest BCUT2D eigenvalue weighted by Crippen LogP contribution is -2.45. The van der Waals surface area contributed by atoms with Gasteiger partial charge in [0.15, 0.2) is 0 Å². The highest BCUT2D eigenvalue weighted by Crippen LogP contribution is 2.36. The Hall–Kier alpha value is -4.59. The van der Waals surface area contributed by atoms with Crippen LogP contribution < -0.4 is 14.8 Å². The van der Waals surface area contributed by atoms with E-state index >= 15 is 0 Å². The summed E-state index contributed by atoms with van der Waals surface area (Å²) in [5.74, 6) is 1.46. The minimum absolute atomic E-state index is 0.183. The summed E-state index contributed by atoms with van der Waals surface area (Å²) in [7, 11) is 0. The number of hydrogen-bond donors (Lipinski definition) is 1. The van der Waals surface area contributed by atoms with Crippen LogP contribution in [0.25, 0.3) is 11.3 Å². The van der Waals surface area contributed by atoms with E-state index in [1.807, 2.05) is 60.3 Å². The number of nitrogens with zero attached hydrogens (tertiary/aromatic N) is 9. The molecule has 14 heteroatoms. The summed E-state index contributed by atoms with van der Waals surface area (Å²) in [5, 5.41) is 13.0. The third kappa shape index (κ3) is 7.92. The second-order valence-electron chi connectivity index (χ2n) is 12.1. The van der Waals surface area contributed by atoms with Gasteiger partial charge in [-0.2, -0.15) is 5.10 Å². The number of aromatic nitrogens is 8. The van der Waals surface area contributed by atoms with Gasteiger partial charge in [-0.3, -0.25) is 14.6 Å². The number of ether oxygens (including phenoxy) is 3. The Labute approximate surface area is 284 Å². The lowest BCUT2D eigenvalue weighted by Gasteiger charge is -2.38. The zero-order valence-electron chi connectivity index (χ0n) is 26.9. The molecule has 1 aliphatic carbocycles. The zero-order valence-corrected chi connectivity index (χ0v) is 27.6. The molecule has 48 heavy (non-hydrogen) atoms. The van der Waals surface area contributed by atoms with Gasteiger partial charge >= 0.3 is 0 Å². The minimum atomic E-state index is -0.183. The van der Waals surface area contributed by atoms with Crippen LogP contribution in [0.2, 0.25) is 5.02 Å². The molecular formula is C34H39ClN10O3. The largest absolute Gasteiger partial charge is 0.487 e. The van der Waals surface area contributed by atoms with Crippen molar-refractivity contribution in [1.29, 1.82) is 0 Å². The Kier molecular flexibility index (Phi) is 10.1. The Morgan fingerprint density at radius 3 is 2.67 bits per heavy atom. The summed E-state index contributed by atoms with van der Waals surface area (Å²) in [6.07, 6.45) is 12.8. The number of halogens is 1. The van der Waals surface area contributed by atoms with Crippen LogP contribution in [0.1, 0.15) is 44.3 Å². The van der Waals surface area contributed by atoms with Crippen LogP contribution in [0.15, 0.2) is 73.7 Å². The maximum Gasteiger partial charge on any atom is 0.257 e. The Morgan fingerprint density at radius 2 is 1.88 bits per heavy atom. The number of hydrogen-bond acceptors (Lipinski definition) is 11. The van der Waals surface area contributed by atoms with Crippen molar-refractivity contribution in [2.24, 2.45) is 0 Å². The average molecular weight is 671 g/mol. The van der Waals surface area contributed by atoms with E-state index in [2.05, 4.69) is 30.3 Å². The fraction of sp³-hybridized carbons (Fsp3) is 0.412. The molecule has 4 aromatic heterocycles. The van der Waals surface area contributed by atoms with Crippen molar-refractivity contribution in [3.63, 3.8) is 0 Å². The van der Waals surface area contributed by atoms with Crippen molar-refractivity contribution >= 4 is 23.2 Å². The van der Waals surface area contributed by atoms with E-state index in [4.69, 9.17) is 35.9 Å². The number of anilines is 2. The molecule has 5 aromatic rings. The Morgan fingerprint density at radius 1 is 1.02 bits per heavy atom. The van der Waals surface area contributed by atoms with E-state index < -0.39 is 0 Å². The van der Waals surface area contributed by atoms with Gasteiger partial charge in [0, 0.05) is 37.1 Å². The van der Waals surface area contributed by atoms with E-state index in [9.17, 15) is 0 Å². The van der Waals surface area contributed by atoms with Crippen LogP contribution in [0.5, 0.6) is 11.6 Å². The van der Waals surface area contributed by atoms with Crippen LogP contribution in [0.4, 0.5) is 11.6 Å². The van der Waals surface area contributed by atoms with Crippen LogP contribution >= 0.6 is 11.6 Å². The fourth-order valence-electron chi connectivity index (χ4n) is 6.31. The molecule has 1 aromatic carbocycles. The number of morpholine rings is 1. The maximum atomic E-state index is 6.51. The molecule has 5 heterocycles. The molecule has 1 aliphatic heterocycles. The van der Waals surface area contributed by atoms with Crippen molar-refractivity contribution in [2.45, 2.75) is 63.9 Å². The molecular weight excluding hydrogens is 632 g/mol. The molecule has 0 spiro atoms. The van der Waals surface area contributed by atoms with Crippen LogP contribution in [0, 0.1) is 0 Å². The van der Waals surface area contributed by atoms with Gasteiger partial charge in [-0.1, -0.05) is 23.7 Å². The molecule has 0 bridgehead atoms. The van der Waals surface area contributed by atoms with Crippen molar-refractivity contribution in [1.82, 2.24) is 44.4 Å². The SMILES string of the molecule is C[C@@H](Cn1cncn1)Oc1cc(-c2ccnc(Nc3cn(C4CCC(N5CCOCC5)CC4)nc3OCc3ccccn3)n2)ccc1Cl. The maximum absolute atomic E-state index is 6.51. The average Bonchev–Trinajstić information content (AvgIpc) is 3.79. The predicted octanol–water partition coefficient (Wildman–Crippen LogP) is 5.59. The Balaban J connectivity index is 1.08. The van der Waals surface area contributed by atoms with Crippen LogP contribution in [0.3, 0.4) is 0 Å². The van der Waals surface area contributed by atoms with Gasteiger partial charge in [0.05, 0.1) is 48.4 Å². The molecule has 0 radical (unpaired) electrons. The van der Waals surface area contributed by atoms with E-state index in [-0.39, 0.29) is 12.1 Å². The van der Waals surface area contributed by atoms with Gasteiger partial charge in [0.2, 0.25) is 5.95 Å². The Bertz CT molecular complexity index is 1760. The molecule has 2 fully saturated rings. The first-order chi connectivity index (χ1) is 23.6. The topological polar surface area (TPSA) is 130 Å². The van der Waals surface area contributed by atoms with Gasteiger partial charge in [-0.05, 0) is 62.9 Å². The molecule has 0 amide bonds. The summed E-state index contributed by atoms with van der Waals surface area (Å²) < 4.78 is 21.7. The summed E-state index contributed by atoms with van der Waals surface area (Å²) in [6, 6.07) is 14.1. The van der Waals surface area contributed by atoms with E-state index in [0.29, 0.717) is 53.2 Å². The zero-order chi connectivity index (χ0) is 32.7. The quantitative estimate of drug-likeness (QED) is 0.178. The summed E-state index contributed by atoms with van der Waals surface area (Å²) >= 11 is 6.51. The molecule has 13 nitrogen and oxygen atoms in total. The second-order valence-corrected chi connectivity index (χ2v) is 12.5. The van der Waals surface area contributed by atoms with E-state index in [1.54, 1.807) is 23.4 Å². The van der Waals surface area contributed by atoms with Crippen LogP contribution in [-0.4, -0.2) is 82.8 Å². The third-order valence-corrected chi connectivity index (χ3v) is 9.06. The number of pyridine rings is 1. The monoisotopic (exact) mass is 670 g/mol. The molecule has 0 unspecified atom stereocenters. The number of benzene rings is 1. The van der Waals surface area contributed by atoms with Gasteiger partial charge < -0.3 is 19.5 Å². The lowest BCUT2D eigenvalue weighted by atomic mass is 9.90. The van der Waals surface area contributed by atoms with Crippen molar-refractivity contribution < 1.29 is 14.2 Å². The first kappa shape index (κ1) is 32.0. The molecule has 250 valence electrons. The highest BCUT2D eigenvalue weighted by Gasteiger charge is 2.29. The highest BCUT2D eigenvalue weighted by molar-refractivity contribution is 6.32. The van der Waals surface area contributed by atoms with Gasteiger partial charge in [0.25, 0.3) is 5.88 Å². The summed E-state index contributed by atoms with van der Waals surface area (Å²) in [5.41, 5.74) is 3.06. The van der Waals surface area contributed by atoms with Crippen LogP contribution in [-0.2, 0) is 17.9 Å². The molecule has 2 aliphatic rings. The fourth-order valence-corrected chi connectivity index (χ4v) is 6.47. The third-order valence-electron chi connectivity index (χ3n) is 8.75. The minimum Gasteiger partial charge on any atom is -0.487 e. The van der Waals surface area contributed by atoms with E-state index in [0.717, 1.165) is 63.2 Å². The summed E-state index contributed by atoms with van der Waals surface area (Å²) in [4.78, 5) is 20.3. The van der Waals surface area contributed by atoms with Gasteiger partial charge in [-0.25, -0.2) is 19.6 Å². The van der Waals surface area contributed by atoms with Crippen molar-refractivity contribution in [3.05, 3.63) is 84.4 Å². The number of nitrogens with one attached hydrogen (secondary N) is 1. The lowest BCUT2D eigenvalue weighted by molar-refractivity contribution is 0.00502. The first-order valence-corrected chi connectivity index (χ1v) is 16.8.